The summed E-state index contributed by atoms with van der Waals surface area (Å²) >= 11 is 0. The fourth-order valence-corrected chi connectivity index (χ4v) is 6.89. The van der Waals surface area contributed by atoms with Gasteiger partial charge in [-0.3, -0.25) is 4.79 Å². The summed E-state index contributed by atoms with van der Waals surface area (Å²) < 4.78 is 48.8. The van der Waals surface area contributed by atoms with E-state index in [1.165, 1.54) is 17.0 Å². The standard InChI is InChI=1S/C17H23NO6S2/c19-12-13-10-15(26(23,24)14-4-2-1-3-5-14)11-16(13)17(20)18-6-8-25(21,22)9-7-18/h1-5,13,15-16,19H,6-12H2/t13-,15+,16+/m0/s1. The molecular weight excluding hydrogens is 378 g/mol. The van der Waals surface area contributed by atoms with Gasteiger partial charge in [-0.1, -0.05) is 18.2 Å². The first-order valence-electron chi connectivity index (χ1n) is 8.63. The molecule has 3 atom stereocenters. The minimum atomic E-state index is -3.58. The number of hydrogen-bond acceptors (Lipinski definition) is 6. The molecule has 1 amide bonds. The molecule has 1 aromatic rings. The van der Waals surface area contributed by atoms with E-state index in [0.717, 1.165) is 0 Å². The summed E-state index contributed by atoms with van der Waals surface area (Å²) in [6, 6.07) is 8.12. The van der Waals surface area contributed by atoms with E-state index in [-0.39, 0.29) is 54.8 Å². The topological polar surface area (TPSA) is 109 Å². The van der Waals surface area contributed by atoms with Crippen molar-refractivity contribution in [2.75, 3.05) is 31.2 Å². The molecule has 1 heterocycles. The number of amides is 1. The maximum absolute atomic E-state index is 12.8. The van der Waals surface area contributed by atoms with E-state index < -0.39 is 36.8 Å². The molecule has 7 nitrogen and oxygen atoms in total. The molecule has 144 valence electrons. The molecule has 1 aliphatic heterocycles. The van der Waals surface area contributed by atoms with Crippen LogP contribution in [0.1, 0.15) is 12.8 Å². The number of carbonyl (C=O) groups excluding carboxylic acids is 1. The lowest BCUT2D eigenvalue weighted by atomic mass is 9.95. The highest BCUT2D eigenvalue weighted by Gasteiger charge is 2.45. The molecule has 0 bridgehead atoms. The molecule has 1 saturated carbocycles. The number of carbonyl (C=O) groups is 1. The Bertz CT molecular complexity index is 852. The second-order valence-electron chi connectivity index (χ2n) is 6.98. The van der Waals surface area contributed by atoms with E-state index in [1.54, 1.807) is 18.2 Å². The Balaban J connectivity index is 1.76. The smallest absolute Gasteiger partial charge is 0.226 e. The highest BCUT2D eigenvalue weighted by atomic mass is 32.2. The normalized spacial score (nSPS) is 28.8. The molecule has 2 fully saturated rings. The fraction of sp³-hybridized carbons (Fsp3) is 0.588. The summed E-state index contributed by atoms with van der Waals surface area (Å²) in [6.45, 7) is 0.00118. The molecule has 0 spiro atoms. The lowest BCUT2D eigenvalue weighted by Gasteiger charge is -2.30. The van der Waals surface area contributed by atoms with E-state index in [4.69, 9.17) is 0 Å². The van der Waals surface area contributed by atoms with Crippen LogP contribution in [0.5, 0.6) is 0 Å². The minimum absolute atomic E-state index is 0.0685. The van der Waals surface area contributed by atoms with E-state index in [0.29, 0.717) is 0 Å². The first-order chi connectivity index (χ1) is 12.2. The Morgan fingerprint density at radius 1 is 1.12 bits per heavy atom. The molecule has 2 aliphatic rings. The van der Waals surface area contributed by atoms with Gasteiger partial charge in [0.1, 0.15) is 0 Å². The predicted octanol–water partition coefficient (Wildman–Crippen LogP) is 0.104. The number of aliphatic hydroxyl groups is 1. The van der Waals surface area contributed by atoms with Crippen molar-refractivity contribution in [1.29, 1.82) is 0 Å². The zero-order valence-electron chi connectivity index (χ0n) is 14.3. The van der Waals surface area contributed by atoms with Gasteiger partial charge in [-0.25, -0.2) is 16.8 Å². The second kappa shape index (κ2) is 7.28. The zero-order valence-corrected chi connectivity index (χ0v) is 16.0. The molecule has 3 rings (SSSR count). The van der Waals surface area contributed by atoms with Crippen LogP contribution in [-0.2, 0) is 24.5 Å². The summed E-state index contributed by atoms with van der Waals surface area (Å²) in [4.78, 5) is 14.5. The second-order valence-corrected chi connectivity index (χ2v) is 11.5. The van der Waals surface area contributed by atoms with Crippen molar-refractivity contribution < 1.29 is 26.7 Å². The molecule has 0 aromatic heterocycles. The van der Waals surface area contributed by atoms with E-state index >= 15 is 0 Å². The molecule has 1 aliphatic carbocycles. The first kappa shape index (κ1) is 19.3. The van der Waals surface area contributed by atoms with Gasteiger partial charge in [0.15, 0.2) is 19.7 Å². The Labute approximate surface area is 153 Å². The number of hydrogen-bond donors (Lipinski definition) is 1. The maximum atomic E-state index is 12.8. The third-order valence-corrected chi connectivity index (χ3v) is 9.17. The van der Waals surface area contributed by atoms with Crippen molar-refractivity contribution in [2.24, 2.45) is 11.8 Å². The predicted molar refractivity (Wildman–Crippen MR) is 95.9 cm³/mol. The summed E-state index contributed by atoms with van der Waals surface area (Å²) in [5.74, 6) is -1.40. The van der Waals surface area contributed by atoms with E-state index in [2.05, 4.69) is 0 Å². The van der Waals surface area contributed by atoms with Crippen LogP contribution in [0.2, 0.25) is 0 Å². The largest absolute Gasteiger partial charge is 0.396 e. The van der Waals surface area contributed by atoms with Crippen LogP contribution in [-0.4, -0.2) is 69.2 Å². The molecule has 26 heavy (non-hydrogen) atoms. The van der Waals surface area contributed by atoms with Gasteiger partial charge in [0, 0.05) is 25.6 Å². The number of sulfone groups is 2. The van der Waals surface area contributed by atoms with Gasteiger partial charge in [0.25, 0.3) is 0 Å². The van der Waals surface area contributed by atoms with E-state index in [1.807, 2.05) is 0 Å². The van der Waals surface area contributed by atoms with Gasteiger partial charge in [-0.05, 0) is 30.9 Å². The van der Waals surface area contributed by atoms with Crippen molar-refractivity contribution in [3.8, 4) is 0 Å². The molecule has 0 unspecified atom stereocenters. The van der Waals surface area contributed by atoms with Gasteiger partial charge in [-0.2, -0.15) is 0 Å². The Morgan fingerprint density at radius 2 is 1.73 bits per heavy atom. The quantitative estimate of drug-likeness (QED) is 0.767. The SMILES string of the molecule is O=C([C@@H]1C[C@H](S(=O)(=O)c2ccccc2)C[C@H]1CO)N1CCS(=O)(=O)CC1. The summed E-state index contributed by atoms with van der Waals surface area (Å²) in [5.41, 5.74) is 0. The number of rotatable bonds is 4. The van der Waals surface area contributed by atoms with Crippen LogP contribution in [0.15, 0.2) is 35.2 Å². The van der Waals surface area contributed by atoms with Crippen molar-refractivity contribution in [3.63, 3.8) is 0 Å². The van der Waals surface area contributed by atoms with Crippen molar-refractivity contribution >= 4 is 25.6 Å². The van der Waals surface area contributed by atoms with E-state index in [9.17, 15) is 26.7 Å². The molecule has 1 N–H and O–H groups in total. The Kier molecular flexibility index (Phi) is 5.41. The fourth-order valence-electron chi connectivity index (χ4n) is 3.80. The third-order valence-electron chi connectivity index (χ3n) is 5.37. The van der Waals surface area contributed by atoms with Crippen molar-refractivity contribution in [3.05, 3.63) is 30.3 Å². The number of benzene rings is 1. The van der Waals surface area contributed by atoms with Crippen molar-refractivity contribution in [2.45, 2.75) is 23.0 Å². The van der Waals surface area contributed by atoms with Crippen LogP contribution in [0, 0.1) is 11.8 Å². The van der Waals surface area contributed by atoms with Gasteiger partial charge in [0.2, 0.25) is 5.91 Å². The van der Waals surface area contributed by atoms with Crippen LogP contribution in [0.25, 0.3) is 0 Å². The molecule has 1 aromatic carbocycles. The van der Waals surface area contributed by atoms with Crippen LogP contribution >= 0.6 is 0 Å². The Morgan fingerprint density at radius 3 is 2.31 bits per heavy atom. The average molecular weight is 402 g/mol. The molecular formula is C17H23NO6S2. The summed E-state index contributed by atoms with van der Waals surface area (Å²) in [5, 5.41) is 8.94. The summed E-state index contributed by atoms with van der Waals surface area (Å²) in [6.07, 6.45) is 0.390. The zero-order chi connectivity index (χ0) is 18.9. The highest BCUT2D eigenvalue weighted by molar-refractivity contribution is 7.92. The van der Waals surface area contributed by atoms with Crippen LogP contribution < -0.4 is 0 Å². The van der Waals surface area contributed by atoms with Crippen molar-refractivity contribution in [1.82, 2.24) is 4.90 Å². The first-order valence-corrected chi connectivity index (χ1v) is 12.0. The van der Waals surface area contributed by atoms with Gasteiger partial charge < -0.3 is 10.0 Å². The third kappa shape index (κ3) is 3.79. The van der Waals surface area contributed by atoms with Crippen LogP contribution in [0.3, 0.4) is 0 Å². The molecule has 1 saturated heterocycles. The maximum Gasteiger partial charge on any atom is 0.226 e. The van der Waals surface area contributed by atoms with Gasteiger partial charge in [0.05, 0.1) is 21.7 Å². The number of nitrogens with zero attached hydrogens (tertiary/aromatic N) is 1. The molecule has 9 heteroatoms. The summed E-state index contributed by atoms with van der Waals surface area (Å²) in [7, 11) is -6.68. The van der Waals surface area contributed by atoms with Gasteiger partial charge in [-0.15, -0.1) is 0 Å². The lowest BCUT2D eigenvalue weighted by molar-refractivity contribution is -0.136. The highest BCUT2D eigenvalue weighted by Crippen LogP contribution is 2.39. The monoisotopic (exact) mass is 401 g/mol. The Hall–Kier alpha value is -1.45. The number of aliphatic hydroxyl groups excluding tert-OH is 1. The molecule has 0 radical (unpaired) electrons. The lowest BCUT2D eigenvalue weighted by Crippen LogP contribution is -2.47. The average Bonchev–Trinajstić information content (AvgIpc) is 3.07. The van der Waals surface area contributed by atoms with Crippen LogP contribution in [0.4, 0.5) is 0 Å². The van der Waals surface area contributed by atoms with Gasteiger partial charge >= 0.3 is 0 Å². The minimum Gasteiger partial charge on any atom is -0.396 e.